The second-order valence-electron chi connectivity index (χ2n) is 8.23. The normalized spacial score (nSPS) is 14.7. The van der Waals surface area contributed by atoms with E-state index in [1.807, 2.05) is 0 Å². The second kappa shape index (κ2) is 11.4. The quantitative estimate of drug-likeness (QED) is 0.352. The Balaban J connectivity index is 5.38. The van der Waals surface area contributed by atoms with Gasteiger partial charge in [0.2, 0.25) is 11.8 Å². The number of likely N-dealkylation sites (N-methyl/N-ethyl adjacent to an activating group) is 1. The van der Waals surface area contributed by atoms with Crippen molar-refractivity contribution in [3.63, 3.8) is 0 Å². The second-order valence-corrected chi connectivity index (χ2v) is 8.23. The van der Waals surface area contributed by atoms with E-state index in [4.69, 9.17) is 4.74 Å². The third kappa shape index (κ3) is 9.53. The molecule has 3 N–H and O–H groups in total. The van der Waals surface area contributed by atoms with Crippen LogP contribution in [-0.4, -0.2) is 85.9 Å². The summed E-state index contributed by atoms with van der Waals surface area (Å²) in [5.74, 6) is -1.98. The molecule has 0 heterocycles. The smallest absolute Gasteiger partial charge is 0.408 e. The third-order valence-electron chi connectivity index (χ3n) is 4.00. The molecular weight excluding hydrogens is 412 g/mol. The number of esters is 1. The van der Waals surface area contributed by atoms with Gasteiger partial charge in [-0.25, -0.2) is 14.4 Å². The van der Waals surface area contributed by atoms with Crippen LogP contribution < -0.4 is 16.0 Å². The van der Waals surface area contributed by atoms with Crippen LogP contribution in [0.3, 0.4) is 0 Å². The molecule has 31 heavy (non-hydrogen) atoms. The van der Waals surface area contributed by atoms with E-state index in [2.05, 4.69) is 25.4 Å². The Hall–Kier alpha value is -3.05. The van der Waals surface area contributed by atoms with Gasteiger partial charge in [0.25, 0.3) is 0 Å². The SMILES string of the molecule is COC(=O)N[C@](C)(CN(C)C(=O)[C@H](C)NC(=O)OC(C)(C)C)C(=O)N[C@@H](C)C(=O)OC. The van der Waals surface area contributed by atoms with Crippen molar-refractivity contribution >= 4 is 30.0 Å². The molecule has 178 valence electrons. The predicted octanol–water partition coefficient (Wildman–Crippen LogP) is 0.150. The zero-order valence-electron chi connectivity index (χ0n) is 19.6. The van der Waals surface area contributed by atoms with E-state index in [1.165, 1.54) is 34.9 Å². The van der Waals surface area contributed by atoms with Gasteiger partial charge < -0.3 is 35.1 Å². The molecule has 0 bridgehead atoms. The maximum atomic E-state index is 12.8. The lowest BCUT2D eigenvalue weighted by molar-refractivity contribution is -0.145. The molecule has 0 aliphatic rings. The van der Waals surface area contributed by atoms with E-state index in [-0.39, 0.29) is 6.54 Å². The minimum absolute atomic E-state index is 0.291. The van der Waals surface area contributed by atoms with Gasteiger partial charge >= 0.3 is 18.2 Å². The average Bonchev–Trinajstić information content (AvgIpc) is 2.64. The number of hydrogen-bond acceptors (Lipinski definition) is 8. The zero-order valence-corrected chi connectivity index (χ0v) is 19.6. The Labute approximate surface area is 182 Å². The monoisotopic (exact) mass is 446 g/mol. The van der Waals surface area contributed by atoms with E-state index in [9.17, 15) is 24.0 Å². The fraction of sp³-hybridized carbons (Fsp3) is 0.737. The summed E-state index contributed by atoms with van der Waals surface area (Å²) in [6.07, 6.45) is -1.69. The highest BCUT2D eigenvalue weighted by Crippen LogP contribution is 2.11. The summed E-state index contributed by atoms with van der Waals surface area (Å²) in [6.45, 7) is 8.98. The summed E-state index contributed by atoms with van der Waals surface area (Å²) < 4.78 is 14.2. The van der Waals surface area contributed by atoms with Crippen molar-refractivity contribution in [2.24, 2.45) is 0 Å². The molecule has 0 fully saturated rings. The molecule has 0 aliphatic heterocycles. The molecule has 0 aromatic carbocycles. The summed E-state index contributed by atoms with van der Waals surface area (Å²) in [4.78, 5) is 61.9. The molecule has 0 unspecified atom stereocenters. The van der Waals surface area contributed by atoms with Gasteiger partial charge in [0, 0.05) is 7.05 Å². The topological polar surface area (TPSA) is 152 Å². The highest BCUT2D eigenvalue weighted by molar-refractivity contribution is 5.93. The van der Waals surface area contributed by atoms with Gasteiger partial charge in [-0.3, -0.25) is 9.59 Å². The van der Waals surface area contributed by atoms with Crippen LogP contribution in [-0.2, 0) is 28.6 Å². The first-order chi connectivity index (χ1) is 14.1. The van der Waals surface area contributed by atoms with E-state index >= 15 is 0 Å². The molecular formula is C19H34N4O8. The van der Waals surface area contributed by atoms with Crippen LogP contribution in [0.25, 0.3) is 0 Å². The number of ether oxygens (including phenoxy) is 3. The van der Waals surface area contributed by atoms with E-state index < -0.39 is 53.2 Å². The number of methoxy groups -OCH3 is 2. The fourth-order valence-corrected chi connectivity index (χ4v) is 2.46. The van der Waals surface area contributed by atoms with Gasteiger partial charge in [0.05, 0.1) is 20.8 Å². The molecule has 0 aromatic heterocycles. The first-order valence-electron chi connectivity index (χ1n) is 9.55. The molecule has 0 spiro atoms. The number of carbonyl (C=O) groups excluding carboxylic acids is 5. The molecule has 3 atom stereocenters. The molecule has 0 aromatic rings. The van der Waals surface area contributed by atoms with Crippen molar-refractivity contribution in [3.8, 4) is 0 Å². The van der Waals surface area contributed by atoms with Crippen molar-refractivity contribution < 1.29 is 38.2 Å². The van der Waals surface area contributed by atoms with E-state index in [0.717, 1.165) is 12.0 Å². The first-order valence-corrected chi connectivity index (χ1v) is 9.55. The largest absolute Gasteiger partial charge is 0.467 e. The summed E-state index contributed by atoms with van der Waals surface area (Å²) in [5, 5.41) is 7.20. The number of alkyl carbamates (subject to hydrolysis) is 2. The first kappa shape index (κ1) is 27.9. The predicted molar refractivity (Wildman–Crippen MR) is 110 cm³/mol. The van der Waals surface area contributed by atoms with Crippen molar-refractivity contribution in [1.29, 1.82) is 0 Å². The van der Waals surface area contributed by atoms with E-state index in [1.54, 1.807) is 20.8 Å². The molecule has 12 heteroatoms. The molecule has 0 radical (unpaired) electrons. The van der Waals surface area contributed by atoms with Gasteiger partial charge in [-0.15, -0.1) is 0 Å². The van der Waals surface area contributed by atoms with Gasteiger partial charge in [-0.1, -0.05) is 0 Å². The molecule has 12 nitrogen and oxygen atoms in total. The lowest BCUT2D eigenvalue weighted by atomic mass is 9.99. The van der Waals surface area contributed by atoms with Gasteiger partial charge in [0.15, 0.2) is 0 Å². The van der Waals surface area contributed by atoms with Crippen LogP contribution in [0.4, 0.5) is 9.59 Å². The van der Waals surface area contributed by atoms with Gasteiger partial charge in [0.1, 0.15) is 23.2 Å². The fourth-order valence-electron chi connectivity index (χ4n) is 2.46. The van der Waals surface area contributed by atoms with Gasteiger partial charge in [-0.2, -0.15) is 0 Å². The molecule has 0 aliphatic carbocycles. The Morgan fingerprint density at radius 3 is 1.87 bits per heavy atom. The Bertz CT molecular complexity index is 691. The van der Waals surface area contributed by atoms with Crippen LogP contribution in [0.5, 0.6) is 0 Å². The third-order valence-corrected chi connectivity index (χ3v) is 4.00. The van der Waals surface area contributed by atoms with Crippen LogP contribution in [0.15, 0.2) is 0 Å². The van der Waals surface area contributed by atoms with E-state index in [0.29, 0.717) is 0 Å². The van der Waals surface area contributed by atoms with Crippen LogP contribution in [0.2, 0.25) is 0 Å². The Morgan fingerprint density at radius 1 is 0.871 bits per heavy atom. The molecule has 0 saturated carbocycles. The lowest BCUT2D eigenvalue weighted by Crippen LogP contribution is -2.64. The summed E-state index contributed by atoms with van der Waals surface area (Å²) in [6, 6.07) is -1.97. The molecule has 0 saturated heterocycles. The maximum absolute atomic E-state index is 12.8. The summed E-state index contributed by atoms with van der Waals surface area (Å²) in [5.41, 5.74) is -2.40. The maximum Gasteiger partial charge on any atom is 0.408 e. The Morgan fingerprint density at radius 2 is 1.42 bits per heavy atom. The van der Waals surface area contributed by atoms with Crippen molar-refractivity contribution in [3.05, 3.63) is 0 Å². The minimum Gasteiger partial charge on any atom is -0.467 e. The number of nitrogens with zero attached hydrogens (tertiary/aromatic N) is 1. The van der Waals surface area contributed by atoms with Crippen LogP contribution >= 0.6 is 0 Å². The highest BCUT2D eigenvalue weighted by atomic mass is 16.6. The standard InChI is InChI=1S/C19H34N4O8/c1-11(21-16(27)31-18(3,4)5)13(24)23(7)10-19(6,22-17(28)30-9)15(26)20-12(2)14(25)29-8/h11-12H,10H2,1-9H3,(H,20,26)(H,21,27)(H,22,28)/t11-,12-,19+/m0/s1. The summed E-state index contributed by atoms with van der Waals surface area (Å²) in [7, 11) is 3.68. The Kier molecular flexibility index (Phi) is 10.3. The molecule has 4 amide bonds. The van der Waals surface area contributed by atoms with Crippen molar-refractivity contribution in [2.45, 2.75) is 64.8 Å². The highest BCUT2D eigenvalue weighted by Gasteiger charge is 2.39. The van der Waals surface area contributed by atoms with Crippen molar-refractivity contribution in [2.75, 3.05) is 27.8 Å². The molecule has 0 rings (SSSR count). The number of hydrogen-bond donors (Lipinski definition) is 3. The summed E-state index contributed by atoms with van der Waals surface area (Å²) >= 11 is 0. The van der Waals surface area contributed by atoms with Gasteiger partial charge in [-0.05, 0) is 41.5 Å². The van der Waals surface area contributed by atoms with Crippen molar-refractivity contribution in [1.82, 2.24) is 20.9 Å². The number of rotatable bonds is 8. The average molecular weight is 447 g/mol. The lowest BCUT2D eigenvalue weighted by Gasteiger charge is -2.34. The number of amides is 4. The minimum atomic E-state index is -1.66. The number of nitrogens with one attached hydrogen (secondary N) is 3. The number of carbonyl (C=O) groups is 5. The zero-order chi connectivity index (χ0) is 24.6. The van der Waals surface area contributed by atoms with Crippen LogP contribution in [0.1, 0.15) is 41.5 Å². The van der Waals surface area contributed by atoms with Crippen LogP contribution in [0, 0.1) is 0 Å².